The summed E-state index contributed by atoms with van der Waals surface area (Å²) in [6.45, 7) is 0. The van der Waals surface area contributed by atoms with Crippen molar-refractivity contribution in [2.75, 3.05) is 11.6 Å². The summed E-state index contributed by atoms with van der Waals surface area (Å²) in [7, 11) is 0. The van der Waals surface area contributed by atoms with Crippen LogP contribution in [0.2, 0.25) is 0 Å². The van der Waals surface area contributed by atoms with Crippen LogP contribution in [0, 0.1) is 0 Å². The van der Waals surface area contributed by atoms with Crippen LogP contribution in [0.25, 0.3) is 0 Å². The van der Waals surface area contributed by atoms with Crippen molar-refractivity contribution in [3.8, 4) is 0 Å². The van der Waals surface area contributed by atoms with Gasteiger partial charge in [-0.25, -0.2) is 4.79 Å². The predicted molar refractivity (Wildman–Crippen MR) is 59.5 cm³/mol. The number of rotatable bonds is 4. The molecule has 0 aliphatic heterocycles. The number of nitrogen functional groups attached to an aromatic ring is 1. The Hall–Kier alpha value is -1.30. The standard InChI is InChI=1S/C10H12ClNO4/c11-4-8(13)9(14)5-1-2-7(12)6(3-5)10(15)16/h1-3,8-9,13-14H,4,12H2,(H,15,16). The van der Waals surface area contributed by atoms with Crippen LogP contribution in [0.3, 0.4) is 0 Å². The Balaban J connectivity index is 3.07. The number of aliphatic hydroxyl groups is 2. The number of carboxylic acids is 1. The summed E-state index contributed by atoms with van der Waals surface area (Å²) in [4.78, 5) is 10.8. The van der Waals surface area contributed by atoms with E-state index in [1.54, 1.807) is 0 Å². The summed E-state index contributed by atoms with van der Waals surface area (Å²) >= 11 is 5.38. The fourth-order valence-electron chi connectivity index (χ4n) is 1.25. The highest BCUT2D eigenvalue weighted by atomic mass is 35.5. The number of carbonyl (C=O) groups is 1. The van der Waals surface area contributed by atoms with Crippen molar-refractivity contribution >= 4 is 23.3 Å². The molecule has 5 nitrogen and oxygen atoms in total. The molecule has 88 valence electrons. The van der Waals surface area contributed by atoms with Gasteiger partial charge in [0.25, 0.3) is 0 Å². The fourth-order valence-corrected chi connectivity index (χ4v) is 1.42. The van der Waals surface area contributed by atoms with Crippen LogP contribution in [0.15, 0.2) is 18.2 Å². The zero-order valence-corrected chi connectivity index (χ0v) is 9.05. The van der Waals surface area contributed by atoms with E-state index in [0.29, 0.717) is 0 Å². The Labute approximate surface area is 97.1 Å². The zero-order valence-electron chi connectivity index (χ0n) is 8.30. The molecular formula is C10H12ClNO4. The van der Waals surface area contributed by atoms with E-state index < -0.39 is 18.2 Å². The molecule has 0 fully saturated rings. The van der Waals surface area contributed by atoms with Gasteiger partial charge in [-0.1, -0.05) is 6.07 Å². The molecule has 5 N–H and O–H groups in total. The molecule has 0 spiro atoms. The van der Waals surface area contributed by atoms with Gasteiger partial charge < -0.3 is 21.1 Å². The zero-order chi connectivity index (χ0) is 12.3. The molecule has 0 saturated carbocycles. The van der Waals surface area contributed by atoms with Crippen LogP contribution >= 0.6 is 11.6 Å². The van der Waals surface area contributed by atoms with Crippen LogP contribution in [0.5, 0.6) is 0 Å². The molecule has 0 bridgehead atoms. The Morgan fingerprint density at radius 1 is 1.44 bits per heavy atom. The SMILES string of the molecule is Nc1ccc(C(O)C(O)CCl)cc1C(=O)O. The minimum atomic E-state index is -1.23. The number of benzene rings is 1. The van der Waals surface area contributed by atoms with E-state index in [4.69, 9.17) is 22.4 Å². The third kappa shape index (κ3) is 2.63. The Morgan fingerprint density at radius 2 is 2.06 bits per heavy atom. The maximum atomic E-state index is 10.8. The lowest BCUT2D eigenvalue weighted by atomic mass is 10.0. The van der Waals surface area contributed by atoms with E-state index in [1.165, 1.54) is 18.2 Å². The second kappa shape index (κ2) is 5.16. The molecule has 0 aliphatic rings. The molecule has 0 saturated heterocycles. The summed E-state index contributed by atoms with van der Waals surface area (Å²) in [5.74, 6) is -1.33. The van der Waals surface area contributed by atoms with Gasteiger partial charge in [0.1, 0.15) is 6.10 Å². The minimum Gasteiger partial charge on any atom is -0.478 e. The Kier molecular flexibility index (Phi) is 4.12. The van der Waals surface area contributed by atoms with Crippen molar-refractivity contribution in [3.63, 3.8) is 0 Å². The van der Waals surface area contributed by atoms with E-state index in [1.807, 2.05) is 0 Å². The normalized spacial score (nSPS) is 14.4. The molecule has 0 aliphatic carbocycles. The molecule has 16 heavy (non-hydrogen) atoms. The summed E-state index contributed by atoms with van der Waals surface area (Å²) < 4.78 is 0. The predicted octanol–water partition coefficient (Wildman–Crippen LogP) is 0.600. The highest BCUT2D eigenvalue weighted by Gasteiger charge is 2.19. The van der Waals surface area contributed by atoms with Crippen LogP contribution in [0.4, 0.5) is 5.69 Å². The topological polar surface area (TPSA) is 104 Å². The maximum Gasteiger partial charge on any atom is 0.337 e. The first kappa shape index (κ1) is 12.8. The van der Waals surface area contributed by atoms with E-state index >= 15 is 0 Å². The lowest BCUT2D eigenvalue weighted by molar-refractivity contribution is 0.0326. The number of hydrogen-bond donors (Lipinski definition) is 4. The first-order valence-corrected chi connectivity index (χ1v) is 5.05. The number of alkyl halides is 1. The lowest BCUT2D eigenvalue weighted by Gasteiger charge is -2.16. The van der Waals surface area contributed by atoms with E-state index in [9.17, 15) is 15.0 Å². The summed E-state index contributed by atoms with van der Waals surface area (Å²) in [5.41, 5.74) is 5.70. The van der Waals surface area contributed by atoms with Gasteiger partial charge in [-0.3, -0.25) is 0 Å². The number of aromatic carboxylic acids is 1. The fraction of sp³-hybridized carbons (Fsp3) is 0.300. The average molecular weight is 246 g/mol. The van der Waals surface area contributed by atoms with Gasteiger partial charge in [-0.05, 0) is 17.7 Å². The van der Waals surface area contributed by atoms with Crippen molar-refractivity contribution < 1.29 is 20.1 Å². The van der Waals surface area contributed by atoms with Crippen molar-refractivity contribution in [3.05, 3.63) is 29.3 Å². The molecule has 0 amide bonds. The summed E-state index contributed by atoms with van der Waals surface area (Å²) in [6, 6.07) is 4.03. The number of aliphatic hydroxyl groups excluding tert-OH is 2. The van der Waals surface area contributed by atoms with Gasteiger partial charge >= 0.3 is 5.97 Å². The molecule has 6 heteroatoms. The monoisotopic (exact) mass is 245 g/mol. The van der Waals surface area contributed by atoms with Gasteiger partial charge in [0.15, 0.2) is 0 Å². The van der Waals surface area contributed by atoms with Crippen LogP contribution in [-0.2, 0) is 0 Å². The van der Waals surface area contributed by atoms with Gasteiger partial charge in [-0.2, -0.15) is 0 Å². The minimum absolute atomic E-state index is 0.101. The number of nitrogens with two attached hydrogens (primary N) is 1. The number of anilines is 1. The van der Waals surface area contributed by atoms with E-state index in [2.05, 4.69) is 0 Å². The third-order valence-corrected chi connectivity index (χ3v) is 2.49. The molecule has 0 radical (unpaired) electrons. The smallest absolute Gasteiger partial charge is 0.337 e. The van der Waals surface area contributed by atoms with Crippen molar-refractivity contribution in [1.29, 1.82) is 0 Å². The first-order chi connectivity index (χ1) is 7.47. The maximum absolute atomic E-state index is 10.8. The van der Waals surface area contributed by atoms with Gasteiger partial charge in [0.05, 0.1) is 17.5 Å². The third-order valence-electron chi connectivity index (χ3n) is 2.17. The Bertz CT molecular complexity index is 396. The molecule has 1 aromatic carbocycles. The molecule has 0 aromatic heterocycles. The number of halogens is 1. The van der Waals surface area contributed by atoms with E-state index in [-0.39, 0.29) is 22.7 Å². The summed E-state index contributed by atoms with van der Waals surface area (Å²) in [6.07, 6.45) is -2.37. The molecule has 0 heterocycles. The molecular weight excluding hydrogens is 234 g/mol. The van der Waals surface area contributed by atoms with Crippen LogP contribution in [-0.4, -0.2) is 33.3 Å². The second-order valence-corrected chi connectivity index (χ2v) is 3.63. The van der Waals surface area contributed by atoms with Crippen molar-refractivity contribution in [1.82, 2.24) is 0 Å². The molecule has 2 atom stereocenters. The highest BCUT2D eigenvalue weighted by molar-refractivity contribution is 6.18. The first-order valence-electron chi connectivity index (χ1n) is 4.52. The second-order valence-electron chi connectivity index (χ2n) is 3.32. The van der Waals surface area contributed by atoms with Gasteiger partial charge in [0, 0.05) is 5.69 Å². The number of hydrogen-bond acceptors (Lipinski definition) is 4. The van der Waals surface area contributed by atoms with Crippen LogP contribution in [0.1, 0.15) is 22.0 Å². The van der Waals surface area contributed by atoms with Crippen LogP contribution < -0.4 is 5.73 Å². The molecule has 1 rings (SSSR count). The largest absolute Gasteiger partial charge is 0.478 e. The lowest BCUT2D eigenvalue weighted by Crippen LogP contribution is -2.20. The van der Waals surface area contributed by atoms with Crippen molar-refractivity contribution in [2.45, 2.75) is 12.2 Å². The van der Waals surface area contributed by atoms with Gasteiger partial charge in [-0.15, -0.1) is 11.6 Å². The number of carboxylic acid groups (broad SMARTS) is 1. The average Bonchev–Trinajstić information content (AvgIpc) is 2.27. The van der Waals surface area contributed by atoms with Gasteiger partial charge in [0.2, 0.25) is 0 Å². The summed E-state index contributed by atoms with van der Waals surface area (Å²) in [5, 5.41) is 27.8. The highest BCUT2D eigenvalue weighted by Crippen LogP contribution is 2.22. The van der Waals surface area contributed by atoms with E-state index in [0.717, 1.165) is 0 Å². The van der Waals surface area contributed by atoms with Crippen molar-refractivity contribution in [2.24, 2.45) is 0 Å². The Morgan fingerprint density at radius 3 is 2.56 bits per heavy atom. The molecule has 1 aromatic rings. The molecule has 2 unspecified atom stereocenters. The quantitative estimate of drug-likeness (QED) is 0.459.